The molecule has 1 saturated heterocycles. The third kappa shape index (κ3) is 4.11. The first-order chi connectivity index (χ1) is 14.5. The van der Waals surface area contributed by atoms with Crippen molar-refractivity contribution in [2.24, 2.45) is 11.3 Å². The first kappa shape index (κ1) is 20.6. The molecule has 0 bridgehead atoms. The SMILES string of the molecule is CNC(=O)[C@@]1(Cc2cc(-c3ccc(F)cc3)no2)CCN(C(=O)C2CCCCC2)C1. The van der Waals surface area contributed by atoms with Crippen molar-refractivity contribution in [2.75, 3.05) is 20.1 Å². The molecule has 0 radical (unpaired) electrons. The molecule has 2 aliphatic rings. The van der Waals surface area contributed by atoms with Crippen LogP contribution in [0.2, 0.25) is 0 Å². The summed E-state index contributed by atoms with van der Waals surface area (Å²) in [5.74, 6) is 0.473. The van der Waals surface area contributed by atoms with Gasteiger partial charge in [0.25, 0.3) is 0 Å². The third-order valence-electron chi connectivity index (χ3n) is 6.54. The molecule has 2 amide bonds. The molecule has 1 aliphatic heterocycles. The summed E-state index contributed by atoms with van der Waals surface area (Å²) >= 11 is 0. The van der Waals surface area contributed by atoms with Crippen LogP contribution in [0.1, 0.15) is 44.3 Å². The first-order valence-corrected chi connectivity index (χ1v) is 10.7. The van der Waals surface area contributed by atoms with E-state index >= 15 is 0 Å². The summed E-state index contributed by atoms with van der Waals surface area (Å²) in [6.07, 6.45) is 6.28. The van der Waals surface area contributed by atoms with E-state index in [1.807, 2.05) is 4.90 Å². The Bertz CT molecular complexity index is 905. The Balaban J connectivity index is 1.50. The zero-order valence-corrected chi connectivity index (χ0v) is 17.3. The lowest BCUT2D eigenvalue weighted by molar-refractivity contribution is -0.137. The quantitative estimate of drug-likeness (QED) is 0.813. The highest BCUT2D eigenvalue weighted by Gasteiger charge is 2.47. The molecule has 2 aromatic rings. The summed E-state index contributed by atoms with van der Waals surface area (Å²) in [4.78, 5) is 27.7. The number of amides is 2. The molecule has 1 aliphatic carbocycles. The molecule has 30 heavy (non-hydrogen) atoms. The van der Waals surface area contributed by atoms with Crippen LogP contribution in [0.5, 0.6) is 0 Å². The van der Waals surface area contributed by atoms with Crippen molar-refractivity contribution >= 4 is 11.8 Å². The highest BCUT2D eigenvalue weighted by molar-refractivity contribution is 5.86. The van der Waals surface area contributed by atoms with Gasteiger partial charge in [0.15, 0.2) is 0 Å². The van der Waals surface area contributed by atoms with E-state index < -0.39 is 5.41 Å². The van der Waals surface area contributed by atoms with E-state index in [1.165, 1.54) is 18.6 Å². The third-order valence-corrected chi connectivity index (χ3v) is 6.54. The van der Waals surface area contributed by atoms with E-state index in [0.717, 1.165) is 31.2 Å². The molecule has 0 spiro atoms. The zero-order valence-electron chi connectivity index (χ0n) is 17.3. The summed E-state index contributed by atoms with van der Waals surface area (Å²) in [5, 5.41) is 6.86. The summed E-state index contributed by atoms with van der Waals surface area (Å²) in [6, 6.07) is 7.84. The smallest absolute Gasteiger partial charge is 0.228 e. The summed E-state index contributed by atoms with van der Waals surface area (Å²) in [6.45, 7) is 0.982. The standard InChI is InChI=1S/C23H28FN3O3/c1-25-22(29)23(11-12-27(15-23)21(28)17-5-3-2-4-6-17)14-19-13-20(26-30-19)16-7-9-18(24)10-8-16/h7-10,13,17H,2-6,11-12,14-15H2,1H3,(H,25,29)/t23-/m1/s1. The molecule has 1 saturated carbocycles. The van der Waals surface area contributed by atoms with Crippen LogP contribution in [0, 0.1) is 17.2 Å². The number of carbonyl (C=O) groups excluding carboxylic acids is 2. The fourth-order valence-electron chi connectivity index (χ4n) is 4.83. The second-order valence-electron chi connectivity index (χ2n) is 8.57. The van der Waals surface area contributed by atoms with Crippen LogP contribution < -0.4 is 5.32 Å². The fraction of sp³-hybridized carbons (Fsp3) is 0.522. The molecule has 0 unspecified atom stereocenters. The van der Waals surface area contributed by atoms with Gasteiger partial charge in [-0.05, 0) is 43.5 Å². The average molecular weight is 413 g/mol. The number of hydrogen-bond acceptors (Lipinski definition) is 4. The lowest BCUT2D eigenvalue weighted by Crippen LogP contribution is -2.45. The maximum absolute atomic E-state index is 13.2. The van der Waals surface area contributed by atoms with Crippen molar-refractivity contribution in [3.05, 3.63) is 41.9 Å². The number of halogens is 1. The number of likely N-dealkylation sites (tertiary alicyclic amines) is 1. The van der Waals surface area contributed by atoms with Crippen molar-refractivity contribution in [1.82, 2.24) is 15.4 Å². The second kappa shape index (κ2) is 8.58. The van der Waals surface area contributed by atoms with Crippen LogP contribution in [-0.4, -0.2) is 42.0 Å². The van der Waals surface area contributed by atoms with Gasteiger partial charge in [-0.25, -0.2) is 4.39 Å². The van der Waals surface area contributed by atoms with Gasteiger partial charge in [-0.3, -0.25) is 9.59 Å². The molecule has 1 N–H and O–H groups in total. The lowest BCUT2D eigenvalue weighted by Gasteiger charge is -2.29. The molecule has 4 rings (SSSR count). The molecular weight excluding hydrogens is 385 g/mol. The minimum atomic E-state index is -0.724. The van der Waals surface area contributed by atoms with Crippen molar-refractivity contribution in [3.8, 4) is 11.3 Å². The highest BCUT2D eigenvalue weighted by Crippen LogP contribution is 2.37. The number of aromatic nitrogens is 1. The van der Waals surface area contributed by atoms with E-state index in [1.54, 1.807) is 25.2 Å². The van der Waals surface area contributed by atoms with E-state index in [9.17, 15) is 14.0 Å². The van der Waals surface area contributed by atoms with Crippen LogP contribution in [0.4, 0.5) is 4.39 Å². The van der Waals surface area contributed by atoms with Crippen LogP contribution in [0.3, 0.4) is 0 Å². The van der Waals surface area contributed by atoms with Gasteiger partial charge < -0.3 is 14.7 Å². The van der Waals surface area contributed by atoms with Gasteiger partial charge in [-0.15, -0.1) is 0 Å². The number of rotatable bonds is 5. The van der Waals surface area contributed by atoms with Crippen LogP contribution in [-0.2, 0) is 16.0 Å². The zero-order chi connectivity index (χ0) is 21.1. The van der Waals surface area contributed by atoms with Crippen LogP contribution >= 0.6 is 0 Å². The van der Waals surface area contributed by atoms with E-state index in [4.69, 9.17) is 4.52 Å². The van der Waals surface area contributed by atoms with Crippen molar-refractivity contribution < 1.29 is 18.5 Å². The van der Waals surface area contributed by atoms with Crippen molar-refractivity contribution in [3.63, 3.8) is 0 Å². The predicted octanol–water partition coefficient (Wildman–Crippen LogP) is 3.57. The number of nitrogens with zero attached hydrogens (tertiary/aromatic N) is 2. The molecule has 2 fully saturated rings. The molecule has 1 aromatic heterocycles. The second-order valence-corrected chi connectivity index (χ2v) is 8.57. The fourth-order valence-corrected chi connectivity index (χ4v) is 4.83. The predicted molar refractivity (Wildman–Crippen MR) is 110 cm³/mol. The maximum Gasteiger partial charge on any atom is 0.228 e. The van der Waals surface area contributed by atoms with Gasteiger partial charge in [-0.2, -0.15) is 0 Å². The number of hydrogen-bond donors (Lipinski definition) is 1. The number of nitrogens with one attached hydrogen (secondary N) is 1. The van der Waals surface area contributed by atoms with Crippen molar-refractivity contribution in [2.45, 2.75) is 44.9 Å². The lowest BCUT2D eigenvalue weighted by atomic mass is 9.81. The van der Waals surface area contributed by atoms with Gasteiger partial charge in [0.2, 0.25) is 11.8 Å². The van der Waals surface area contributed by atoms with Gasteiger partial charge in [0.05, 0.1) is 5.41 Å². The van der Waals surface area contributed by atoms with Crippen molar-refractivity contribution in [1.29, 1.82) is 0 Å². The topological polar surface area (TPSA) is 75.4 Å². The van der Waals surface area contributed by atoms with Crippen LogP contribution in [0.25, 0.3) is 11.3 Å². The summed E-state index contributed by atoms with van der Waals surface area (Å²) in [5.41, 5.74) is 0.629. The minimum Gasteiger partial charge on any atom is -0.361 e. The molecule has 1 atom stereocenters. The Morgan fingerprint density at radius 1 is 1.23 bits per heavy atom. The largest absolute Gasteiger partial charge is 0.361 e. The Labute approximate surface area is 175 Å². The molecule has 160 valence electrons. The molecule has 1 aromatic carbocycles. The van der Waals surface area contributed by atoms with Gasteiger partial charge in [0, 0.05) is 44.1 Å². The monoisotopic (exact) mass is 413 g/mol. The minimum absolute atomic E-state index is 0.0822. The first-order valence-electron chi connectivity index (χ1n) is 10.7. The Kier molecular flexibility index (Phi) is 5.88. The maximum atomic E-state index is 13.2. The van der Waals surface area contributed by atoms with Gasteiger partial charge in [0.1, 0.15) is 17.3 Å². The summed E-state index contributed by atoms with van der Waals surface area (Å²) < 4.78 is 18.7. The number of carbonyl (C=O) groups is 2. The molecular formula is C23H28FN3O3. The van der Waals surface area contributed by atoms with E-state index in [2.05, 4.69) is 10.5 Å². The van der Waals surface area contributed by atoms with Gasteiger partial charge in [-0.1, -0.05) is 24.4 Å². The number of benzene rings is 1. The normalized spacial score (nSPS) is 22.3. The van der Waals surface area contributed by atoms with Gasteiger partial charge >= 0.3 is 0 Å². The Hall–Kier alpha value is -2.70. The molecule has 7 heteroatoms. The molecule has 2 heterocycles. The highest BCUT2D eigenvalue weighted by atomic mass is 19.1. The Morgan fingerprint density at radius 2 is 1.97 bits per heavy atom. The van der Waals surface area contributed by atoms with E-state index in [-0.39, 0.29) is 23.5 Å². The summed E-state index contributed by atoms with van der Waals surface area (Å²) in [7, 11) is 1.63. The Morgan fingerprint density at radius 3 is 2.67 bits per heavy atom. The molecule has 6 nitrogen and oxygen atoms in total. The average Bonchev–Trinajstić information content (AvgIpc) is 3.42. The van der Waals surface area contributed by atoms with Crippen LogP contribution in [0.15, 0.2) is 34.9 Å². The van der Waals surface area contributed by atoms with E-state index in [0.29, 0.717) is 37.4 Å².